The zero-order valence-electron chi connectivity index (χ0n) is 15.0. The molecule has 144 valence electrons. The van der Waals surface area contributed by atoms with Gasteiger partial charge in [0.2, 0.25) is 0 Å². The van der Waals surface area contributed by atoms with Gasteiger partial charge in [0.25, 0.3) is 0 Å². The summed E-state index contributed by atoms with van der Waals surface area (Å²) in [5, 5.41) is 5.97. The minimum absolute atomic E-state index is 0.196. The Labute approximate surface area is 178 Å². The molecule has 0 unspecified atom stereocenters. The minimum atomic E-state index is 0.196. The molecule has 3 aromatic carbocycles. The number of hydrogen-bond acceptors (Lipinski definition) is 4. The van der Waals surface area contributed by atoms with Crippen LogP contribution in [-0.2, 0) is 6.61 Å². The topological polar surface area (TPSA) is 42.8 Å². The Bertz CT molecular complexity index is 973. The van der Waals surface area contributed by atoms with E-state index in [0.717, 1.165) is 11.3 Å². The van der Waals surface area contributed by atoms with Gasteiger partial charge in [-0.05, 0) is 42.5 Å². The Morgan fingerprint density at radius 2 is 1.68 bits per heavy atom. The molecule has 3 aromatic rings. The van der Waals surface area contributed by atoms with E-state index in [-0.39, 0.29) is 6.61 Å². The zero-order chi connectivity index (χ0) is 19.9. The highest BCUT2D eigenvalue weighted by molar-refractivity contribution is 6.36. The number of anilines is 1. The molecule has 1 N–H and O–H groups in total. The predicted molar refractivity (Wildman–Crippen MR) is 116 cm³/mol. The summed E-state index contributed by atoms with van der Waals surface area (Å²) in [6, 6.07) is 18.1. The van der Waals surface area contributed by atoms with Crippen molar-refractivity contribution in [1.29, 1.82) is 0 Å². The van der Waals surface area contributed by atoms with Crippen LogP contribution in [0.15, 0.2) is 65.8 Å². The molecule has 0 saturated heterocycles. The summed E-state index contributed by atoms with van der Waals surface area (Å²) in [5.74, 6) is 1.12. The molecule has 0 saturated carbocycles. The van der Waals surface area contributed by atoms with Crippen molar-refractivity contribution < 1.29 is 9.47 Å². The van der Waals surface area contributed by atoms with E-state index in [1.54, 1.807) is 43.7 Å². The van der Waals surface area contributed by atoms with Crippen molar-refractivity contribution in [2.45, 2.75) is 6.61 Å². The molecule has 0 spiro atoms. The average Bonchev–Trinajstić information content (AvgIpc) is 2.68. The van der Waals surface area contributed by atoms with E-state index in [2.05, 4.69) is 10.5 Å². The maximum atomic E-state index is 6.23. The number of para-hydroxylation sites is 1. The smallest absolute Gasteiger partial charge is 0.170 e. The van der Waals surface area contributed by atoms with Crippen molar-refractivity contribution in [3.8, 4) is 11.5 Å². The molecule has 0 aliphatic heterocycles. The maximum absolute atomic E-state index is 6.23. The van der Waals surface area contributed by atoms with Crippen molar-refractivity contribution in [2.24, 2.45) is 5.10 Å². The standard InChI is InChI=1S/C21H17Cl3N2O2/c1-27-20-10-2-5-14(12-25-26-16-7-3-6-15(22)11-16)21(20)28-13-17-18(23)8-4-9-19(17)24/h2-12,26H,13H2,1H3. The van der Waals surface area contributed by atoms with E-state index in [9.17, 15) is 0 Å². The number of halogens is 3. The summed E-state index contributed by atoms with van der Waals surface area (Å²) >= 11 is 18.4. The number of ether oxygens (including phenoxy) is 2. The number of benzene rings is 3. The first-order chi connectivity index (χ1) is 13.6. The third-order valence-electron chi connectivity index (χ3n) is 3.87. The Morgan fingerprint density at radius 3 is 2.39 bits per heavy atom. The lowest BCUT2D eigenvalue weighted by atomic mass is 10.2. The average molecular weight is 436 g/mol. The van der Waals surface area contributed by atoms with Crippen LogP contribution in [0.4, 0.5) is 5.69 Å². The lowest BCUT2D eigenvalue weighted by Gasteiger charge is -2.14. The number of hydrazone groups is 1. The monoisotopic (exact) mass is 434 g/mol. The van der Waals surface area contributed by atoms with E-state index in [4.69, 9.17) is 44.3 Å². The van der Waals surface area contributed by atoms with Gasteiger partial charge in [-0.1, -0.05) is 53.0 Å². The fourth-order valence-electron chi connectivity index (χ4n) is 2.50. The second-order valence-corrected chi connectivity index (χ2v) is 7.00. The first-order valence-electron chi connectivity index (χ1n) is 8.36. The molecule has 7 heteroatoms. The first kappa shape index (κ1) is 20.3. The summed E-state index contributed by atoms with van der Waals surface area (Å²) in [6.45, 7) is 0.196. The highest BCUT2D eigenvalue weighted by atomic mass is 35.5. The van der Waals surface area contributed by atoms with E-state index < -0.39 is 0 Å². The number of rotatable bonds is 7. The first-order valence-corrected chi connectivity index (χ1v) is 9.49. The van der Waals surface area contributed by atoms with Crippen LogP contribution in [0.1, 0.15) is 11.1 Å². The Hall–Kier alpha value is -2.40. The molecule has 0 bridgehead atoms. The van der Waals surface area contributed by atoms with Crippen LogP contribution in [0.3, 0.4) is 0 Å². The number of nitrogens with one attached hydrogen (secondary N) is 1. The zero-order valence-corrected chi connectivity index (χ0v) is 17.2. The fraction of sp³-hybridized carbons (Fsp3) is 0.0952. The molecule has 0 aliphatic carbocycles. The largest absolute Gasteiger partial charge is 0.493 e. The molecular weight excluding hydrogens is 419 g/mol. The fourth-order valence-corrected chi connectivity index (χ4v) is 3.20. The summed E-state index contributed by atoms with van der Waals surface area (Å²) in [5.41, 5.74) is 5.15. The van der Waals surface area contributed by atoms with Crippen LogP contribution < -0.4 is 14.9 Å². The highest BCUT2D eigenvalue weighted by Gasteiger charge is 2.12. The number of hydrogen-bond donors (Lipinski definition) is 1. The molecule has 0 radical (unpaired) electrons. The van der Waals surface area contributed by atoms with Crippen LogP contribution in [-0.4, -0.2) is 13.3 Å². The summed E-state index contributed by atoms with van der Waals surface area (Å²) in [4.78, 5) is 0. The van der Waals surface area contributed by atoms with Gasteiger partial charge in [0.05, 0.1) is 19.0 Å². The van der Waals surface area contributed by atoms with Crippen molar-refractivity contribution >= 4 is 46.7 Å². The summed E-state index contributed by atoms with van der Waals surface area (Å²) in [7, 11) is 1.58. The SMILES string of the molecule is COc1cccc(C=NNc2cccc(Cl)c2)c1OCc1c(Cl)cccc1Cl. The summed E-state index contributed by atoms with van der Waals surface area (Å²) in [6.07, 6.45) is 1.65. The van der Waals surface area contributed by atoms with Gasteiger partial charge >= 0.3 is 0 Å². The lowest BCUT2D eigenvalue weighted by Crippen LogP contribution is -2.02. The maximum Gasteiger partial charge on any atom is 0.170 e. The molecule has 3 rings (SSSR count). The van der Waals surface area contributed by atoms with Gasteiger partial charge in [0.15, 0.2) is 11.5 Å². The van der Waals surface area contributed by atoms with Crippen LogP contribution in [0, 0.1) is 0 Å². The quantitative estimate of drug-likeness (QED) is 0.332. The molecular formula is C21H17Cl3N2O2. The van der Waals surface area contributed by atoms with Crippen molar-refractivity contribution in [2.75, 3.05) is 12.5 Å². The van der Waals surface area contributed by atoms with E-state index in [1.165, 1.54) is 0 Å². The third kappa shape index (κ3) is 5.10. The predicted octanol–water partition coefficient (Wildman–Crippen LogP) is 6.68. The molecule has 4 nitrogen and oxygen atoms in total. The Balaban J connectivity index is 1.81. The Morgan fingerprint density at radius 1 is 0.964 bits per heavy atom. The van der Waals surface area contributed by atoms with Gasteiger partial charge in [-0.2, -0.15) is 5.10 Å². The third-order valence-corrected chi connectivity index (χ3v) is 4.82. The van der Waals surface area contributed by atoms with Crippen molar-refractivity contribution in [3.63, 3.8) is 0 Å². The molecule has 0 amide bonds. The van der Waals surface area contributed by atoms with E-state index >= 15 is 0 Å². The highest BCUT2D eigenvalue weighted by Crippen LogP contribution is 2.33. The molecule has 0 fully saturated rings. The lowest BCUT2D eigenvalue weighted by molar-refractivity contribution is 0.284. The van der Waals surface area contributed by atoms with Gasteiger partial charge in [-0.3, -0.25) is 5.43 Å². The molecule has 0 aromatic heterocycles. The van der Waals surface area contributed by atoms with Crippen molar-refractivity contribution in [3.05, 3.63) is 86.9 Å². The van der Waals surface area contributed by atoms with Crippen LogP contribution in [0.5, 0.6) is 11.5 Å². The van der Waals surface area contributed by atoms with E-state index in [1.807, 2.05) is 30.3 Å². The summed E-state index contributed by atoms with van der Waals surface area (Å²) < 4.78 is 11.4. The number of methoxy groups -OCH3 is 1. The van der Waals surface area contributed by atoms with E-state index in [0.29, 0.717) is 32.1 Å². The molecule has 0 aliphatic rings. The normalized spacial score (nSPS) is 10.9. The number of nitrogens with zero attached hydrogens (tertiary/aromatic N) is 1. The van der Waals surface area contributed by atoms with Crippen LogP contribution in [0.25, 0.3) is 0 Å². The van der Waals surface area contributed by atoms with Gasteiger partial charge in [-0.25, -0.2) is 0 Å². The Kier molecular flexibility index (Phi) is 7.04. The van der Waals surface area contributed by atoms with Crippen LogP contribution in [0.2, 0.25) is 15.1 Å². The second kappa shape index (κ2) is 9.69. The van der Waals surface area contributed by atoms with Gasteiger partial charge in [0.1, 0.15) is 6.61 Å². The van der Waals surface area contributed by atoms with Gasteiger partial charge < -0.3 is 9.47 Å². The van der Waals surface area contributed by atoms with Crippen molar-refractivity contribution in [1.82, 2.24) is 0 Å². The molecule has 28 heavy (non-hydrogen) atoms. The second-order valence-electron chi connectivity index (χ2n) is 5.75. The molecule has 0 heterocycles. The van der Waals surface area contributed by atoms with Gasteiger partial charge in [0, 0.05) is 26.2 Å². The van der Waals surface area contributed by atoms with Crippen LogP contribution >= 0.6 is 34.8 Å². The molecule has 0 atom stereocenters. The van der Waals surface area contributed by atoms with Gasteiger partial charge in [-0.15, -0.1) is 0 Å². The minimum Gasteiger partial charge on any atom is -0.493 e.